The average molecular weight is 357 g/mol. The van der Waals surface area contributed by atoms with Gasteiger partial charge in [0.15, 0.2) is 6.61 Å². The number of hydrogen-bond acceptors (Lipinski definition) is 5. The number of carbonyl (C=O) groups is 3. The van der Waals surface area contributed by atoms with E-state index >= 15 is 0 Å². The Balaban J connectivity index is 2.07. The fourth-order valence-electron chi connectivity index (χ4n) is 2.27. The van der Waals surface area contributed by atoms with Crippen LogP contribution in [-0.4, -0.2) is 35.6 Å². The molecule has 1 N–H and O–H groups in total. The zero-order chi connectivity index (χ0) is 19.1. The molecule has 2 aromatic carbocycles. The Morgan fingerprint density at radius 3 is 2.12 bits per heavy atom. The van der Waals surface area contributed by atoms with Gasteiger partial charge in [0.2, 0.25) is 0 Å². The zero-order valence-corrected chi connectivity index (χ0v) is 14.4. The van der Waals surface area contributed by atoms with E-state index in [4.69, 9.17) is 9.47 Å². The lowest BCUT2D eigenvalue weighted by molar-refractivity contribution is -0.140. The normalized spacial score (nSPS) is 11.3. The maximum absolute atomic E-state index is 12.5. The van der Waals surface area contributed by atoms with Crippen LogP contribution in [0, 0.1) is 0 Å². The predicted octanol–water partition coefficient (Wildman–Crippen LogP) is 2.50. The molecule has 136 valence electrons. The molecule has 0 radical (unpaired) electrons. The van der Waals surface area contributed by atoms with E-state index in [2.05, 4.69) is 0 Å². The molecule has 0 aliphatic heterocycles. The highest BCUT2D eigenvalue weighted by Crippen LogP contribution is 2.20. The van der Waals surface area contributed by atoms with E-state index in [-0.39, 0.29) is 6.61 Å². The van der Waals surface area contributed by atoms with Gasteiger partial charge in [-0.3, -0.25) is 14.5 Å². The number of rotatable bonds is 7. The maximum atomic E-state index is 12.5. The number of hydrogen-bond donors (Lipinski definition) is 1. The molecule has 26 heavy (non-hydrogen) atoms. The first-order chi connectivity index (χ1) is 12.4. The molecule has 2 rings (SSSR count). The Hall–Kier alpha value is -3.35. The Labute approximate surface area is 150 Å². The first-order valence-corrected chi connectivity index (χ1v) is 7.89. The average Bonchev–Trinajstić information content (AvgIpc) is 2.61. The lowest BCUT2D eigenvalue weighted by Crippen LogP contribution is -2.45. The summed E-state index contributed by atoms with van der Waals surface area (Å²) in [4.78, 5) is 36.0. The van der Waals surface area contributed by atoms with Crippen LogP contribution in [0.15, 0.2) is 54.6 Å². The smallest absolute Gasteiger partial charge is 0.326 e. The molecular weight excluding hydrogens is 338 g/mol. The lowest BCUT2D eigenvalue weighted by Gasteiger charge is -2.26. The minimum Gasteiger partial charge on any atom is -0.484 e. The number of carbonyl (C=O) groups excluding carboxylic acids is 2. The van der Waals surface area contributed by atoms with Gasteiger partial charge in [-0.1, -0.05) is 18.2 Å². The van der Waals surface area contributed by atoms with Crippen LogP contribution >= 0.6 is 0 Å². The third-order valence-electron chi connectivity index (χ3n) is 3.50. The maximum Gasteiger partial charge on any atom is 0.326 e. The van der Waals surface area contributed by atoms with Crippen LogP contribution < -0.4 is 14.4 Å². The van der Waals surface area contributed by atoms with Crippen molar-refractivity contribution in [3.05, 3.63) is 54.6 Å². The number of carboxylic acids is 1. The second-order valence-corrected chi connectivity index (χ2v) is 5.47. The number of carboxylic acid groups (broad SMARTS) is 1. The van der Waals surface area contributed by atoms with Crippen molar-refractivity contribution in [3.63, 3.8) is 0 Å². The second-order valence-electron chi connectivity index (χ2n) is 5.47. The molecule has 0 spiro atoms. The SMILES string of the molecule is CC(=O)Oc1ccc(OCC(=O)N(c2ccccc2)[C@@H](C)C(=O)O)cc1. The van der Waals surface area contributed by atoms with Gasteiger partial charge in [-0.05, 0) is 43.3 Å². The first kappa shape index (κ1) is 19.0. The molecule has 0 aliphatic rings. The van der Waals surface area contributed by atoms with Crippen molar-refractivity contribution in [2.45, 2.75) is 19.9 Å². The van der Waals surface area contributed by atoms with E-state index in [0.29, 0.717) is 17.2 Å². The molecule has 1 amide bonds. The third-order valence-corrected chi connectivity index (χ3v) is 3.50. The van der Waals surface area contributed by atoms with Crippen LogP contribution in [0.5, 0.6) is 11.5 Å². The van der Waals surface area contributed by atoms with Crippen molar-refractivity contribution < 1.29 is 29.0 Å². The highest BCUT2D eigenvalue weighted by atomic mass is 16.5. The molecule has 7 heteroatoms. The summed E-state index contributed by atoms with van der Waals surface area (Å²) in [6.07, 6.45) is 0. The van der Waals surface area contributed by atoms with Crippen LogP contribution in [0.4, 0.5) is 5.69 Å². The van der Waals surface area contributed by atoms with Crippen LogP contribution in [0.1, 0.15) is 13.8 Å². The molecule has 0 aliphatic carbocycles. The summed E-state index contributed by atoms with van der Waals surface area (Å²) in [5.41, 5.74) is 0.473. The Bertz CT molecular complexity index is 772. The molecule has 0 fully saturated rings. The Morgan fingerprint density at radius 2 is 1.58 bits per heavy atom. The van der Waals surface area contributed by atoms with Crippen molar-refractivity contribution in [2.24, 2.45) is 0 Å². The third kappa shape index (κ3) is 5.07. The molecule has 1 atom stereocenters. The summed E-state index contributed by atoms with van der Waals surface area (Å²) >= 11 is 0. The quantitative estimate of drug-likeness (QED) is 0.604. The molecule has 0 bridgehead atoms. The fraction of sp³-hybridized carbons (Fsp3) is 0.211. The number of ether oxygens (including phenoxy) is 2. The lowest BCUT2D eigenvalue weighted by atomic mass is 10.2. The summed E-state index contributed by atoms with van der Waals surface area (Å²) in [6.45, 7) is 2.39. The van der Waals surface area contributed by atoms with Gasteiger partial charge in [0, 0.05) is 12.6 Å². The van der Waals surface area contributed by atoms with Crippen LogP contribution in [0.25, 0.3) is 0 Å². The summed E-state index contributed by atoms with van der Waals surface area (Å²) < 4.78 is 10.3. The number of aliphatic carboxylic acids is 1. The summed E-state index contributed by atoms with van der Waals surface area (Å²) in [5, 5.41) is 9.27. The molecule has 0 saturated carbocycles. The first-order valence-electron chi connectivity index (χ1n) is 7.89. The van der Waals surface area contributed by atoms with Crippen molar-refractivity contribution in [1.82, 2.24) is 0 Å². The van der Waals surface area contributed by atoms with E-state index in [1.807, 2.05) is 0 Å². The van der Waals surface area contributed by atoms with Gasteiger partial charge in [-0.15, -0.1) is 0 Å². The Kier molecular flexibility index (Phi) is 6.32. The van der Waals surface area contributed by atoms with Crippen molar-refractivity contribution in [3.8, 4) is 11.5 Å². The van der Waals surface area contributed by atoms with Gasteiger partial charge in [-0.2, -0.15) is 0 Å². The predicted molar refractivity (Wildman–Crippen MR) is 94.3 cm³/mol. The topological polar surface area (TPSA) is 93.1 Å². The minimum absolute atomic E-state index is 0.334. The fourth-order valence-corrected chi connectivity index (χ4v) is 2.27. The van der Waals surface area contributed by atoms with E-state index in [9.17, 15) is 19.5 Å². The van der Waals surface area contributed by atoms with Gasteiger partial charge in [0.1, 0.15) is 17.5 Å². The van der Waals surface area contributed by atoms with E-state index in [1.165, 1.54) is 30.9 Å². The second kappa shape index (κ2) is 8.66. The number of para-hydroxylation sites is 1. The Morgan fingerprint density at radius 1 is 1.00 bits per heavy atom. The molecule has 0 saturated heterocycles. The van der Waals surface area contributed by atoms with Crippen molar-refractivity contribution in [1.29, 1.82) is 0 Å². The number of anilines is 1. The van der Waals surface area contributed by atoms with Gasteiger partial charge >= 0.3 is 11.9 Å². The van der Waals surface area contributed by atoms with E-state index < -0.39 is 23.9 Å². The van der Waals surface area contributed by atoms with Gasteiger partial charge < -0.3 is 14.6 Å². The summed E-state index contributed by atoms with van der Waals surface area (Å²) in [7, 11) is 0. The number of benzene rings is 2. The zero-order valence-electron chi connectivity index (χ0n) is 14.4. The largest absolute Gasteiger partial charge is 0.484 e. The highest BCUT2D eigenvalue weighted by Gasteiger charge is 2.27. The summed E-state index contributed by atoms with van der Waals surface area (Å²) in [6, 6.07) is 13.7. The van der Waals surface area contributed by atoms with Crippen molar-refractivity contribution >= 4 is 23.5 Å². The molecule has 0 heterocycles. The van der Waals surface area contributed by atoms with Crippen molar-refractivity contribution in [2.75, 3.05) is 11.5 Å². The summed E-state index contributed by atoms with van der Waals surface area (Å²) in [5.74, 6) is -1.29. The number of esters is 1. The molecule has 0 unspecified atom stereocenters. The van der Waals surface area contributed by atoms with Crippen LogP contribution in [0.3, 0.4) is 0 Å². The molecule has 0 aromatic heterocycles. The van der Waals surface area contributed by atoms with Gasteiger partial charge in [0.05, 0.1) is 0 Å². The number of nitrogens with zero attached hydrogens (tertiary/aromatic N) is 1. The van der Waals surface area contributed by atoms with E-state index in [0.717, 1.165) is 0 Å². The number of amides is 1. The standard InChI is InChI=1S/C19H19NO6/c1-13(19(23)24)20(15-6-4-3-5-7-15)18(22)12-25-16-8-10-17(11-9-16)26-14(2)21/h3-11,13H,12H2,1-2H3,(H,23,24)/t13-/m0/s1. The van der Waals surface area contributed by atoms with Gasteiger partial charge in [-0.25, -0.2) is 4.79 Å². The monoisotopic (exact) mass is 357 g/mol. The molecule has 7 nitrogen and oxygen atoms in total. The van der Waals surface area contributed by atoms with Gasteiger partial charge in [0.25, 0.3) is 5.91 Å². The highest BCUT2D eigenvalue weighted by molar-refractivity contribution is 5.99. The van der Waals surface area contributed by atoms with Crippen LogP contribution in [-0.2, 0) is 14.4 Å². The van der Waals surface area contributed by atoms with E-state index in [1.54, 1.807) is 42.5 Å². The minimum atomic E-state index is -1.12. The van der Waals surface area contributed by atoms with Crippen LogP contribution in [0.2, 0.25) is 0 Å². The molecule has 2 aromatic rings. The molecular formula is C19H19NO6.